The quantitative estimate of drug-likeness (QED) is 0.731. The zero-order valence-corrected chi connectivity index (χ0v) is 16.5. The molecule has 5 heteroatoms. The molecule has 2 aromatic carbocycles. The molecule has 0 aromatic heterocycles. The Morgan fingerprint density at radius 1 is 1.00 bits per heavy atom. The molecule has 0 heterocycles. The van der Waals surface area contributed by atoms with Crippen LogP contribution in [0.15, 0.2) is 48.5 Å². The summed E-state index contributed by atoms with van der Waals surface area (Å²) in [5, 5.41) is 11.9. The predicted octanol–water partition coefficient (Wildman–Crippen LogP) is 4.66. The molecule has 0 aliphatic heterocycles. The van der Waals surface area contributed by atoms with Crippen molar-refractivity contribution in [2.75, 3.05) is 6.61 Å². The van der Waals surface area contributed by atoms with E-state index in [1.807, 2.05) is 57.2 Å². The number of rotatable bonds is 7. The molecule has 2 aromatic rings. The lowest BCUT2D eigenvalue weighted by Crippen LogP contribution is -2.42. The molecule has 1 aliphatic carbocycles. The molecule has 0 radical (unpaired) electrons. The third-order valence-corrected chi connectivity index (χ3v) is 5.68. The van der Waals surface area contributed by atoms with Crippen molar-refractivity contribution in [2.45, 2.75) is 39.2 Å². The van der Waals surface area contributed by atoms with E-state index < -0.39 is 18.1 Å². The van der Waals surface area contributed by atoms with E-state index in [1.54, 1.807) is 0 Å². The van der Waals surface area contributed by atoms with E-state index in [2.05, 4.69) is 17.4 Å². The molecule has 0 bridgehead atoms. The number of hydrogen-bond acceptors (Lipinski definition) is 3. The monoisotopic (exact) mass is 381 g/mol. The van der Waals surface area contributed by atoms with Crippen LogP contribution in [0.2, 0.25) is 0 Å². The van der Waals surface area contributed by atoms with Gasteiger partial charge in [-0.2, -0.15) is 0 Å². The highest BCUT2D eigenvalue weighted by Gasteiger charge is 2.30. The molecule has 3 rings (SSSR count). The van der Waals surface area contributed by atoms with E-state index in [0.717, 1.165) is 22.3 Å². The third kappa shape index (κ3) is 4.19. The van der Waals surface area contributed by atoms with Crippen LogP contribution in [0.5, 0.6) is 0 Å². The molecular formula is C23H27NO4. The molecule has 2 N–H and O–H groups in total. The van der Waals surface area contributed by atoms with Crippen molar-refractivity contribution < 1.29 is 19.4 Å². The fraction of sp³-hybridized carbons (Fsp3) is 0.391. The van der Waals surface area contributed by atoms with Crippen molar-refractivity contribution in [3.63, 3.8) is 0 Å². The number of aliphatic carboxylic acids is 1. The Labute approximate surface area is 165 Å². The number of amides is 1. The van der Waals surface area contributed by atoms with E-state index in [0.29, 0.717) is 12.3 Å². The lowest BCUT2D eigenvalue weighted by atomic mass is 9.91. The highest BCUT2D eigenvalue weighted by Crippen LogP contribution is 2.44. The summed E-state index contributed by atoms with van der Waals surface area (Å²) in [6, 6.07) is 15.2. The first-order valence-corrected chi connectivity index (χ1v) is 9.72. The summed E-state index contributed by atoms with van der Waals surface area (Å²) >= 11 is 0. The van der Waals surface area contributed by atoms with E-state index in [1.165, 1.54) is 0 Å². The largest absolute Gasteiger partial charge is 0.480 e. The molecule has 1 unspecified atom stereocenters. The topological polar surface area (TPSA) is 75.6 Å². The fourth-order valence-corrected chi connectivity index (χ4v) is 3.65. The number of fused-ring (bicyclic) bond motifs is 3. The van der Waals surface area contributed by atoms with E-state index in [4.69, 9.17) is 4.74 Å². The Bertz CT molecular complexity index is 816. The first-order valence-electron chi connectivity index (χ1n) is 9.72. The molecule has 0 spiro atoms. The SMILES string of the molecule is CC(C)C(C)C[C@H](NC(=O)OCC1c2ccccc2-c2ccccc21)C(=O)O. The summed E-state index contributed by atoms with van der Waals surface area (Å²) in [7, 11) is 0. The van der Waals surface area contributed by atoms with Gasteiger partial charge in [-0.15, -0.1) is 0 Å². The average molecular weight is 381 g/mol. The van der Waals surface area contributed by atoms with Gasteiger partial charge in [0.15, 0.2) is 0 Å². The number of carboxylic acid groups (broad SMARTS) is 1. The van der Waals surface area contributed by atoms with Gasteiger partial charge >= 0.3 is 12.1 Å². The van der Waals surface area contributed by atoms with Gasteiger partial charge in [-0.05, 0) is 40.5 Å². The van der Waals surface area contributed by atoms with Crippen molar-refractivity contribution >= 4 is 12.1 Å². The van der Waals surface area contributed by atoms with Crippen LogP contribution in [0.4, 0.5) is 4.79 Å². The maximum atomic E-state index is 12.3. The number of carbonyl (C=O) groups is 2. The minimum Gasteiger partial charge on any atom is -0.480 e. The number of hydrogen-bond donors (Lipinski definition) is 2. The van der Waals surface area contributed by atoms with Gasteiger partial charge in [0.1, 0.15) is 12.6 Å². The van der Waals surface area contributed by atoms with E-state index in [9.17, 15) is 14.7 Å². The second-order valence-corrected chi connectivity index (χ2v) is 7.82. The van der Waals surface area contributed by atoms with Crippen molar-refractivity contribution in [1.82, 2.24) is 5.32 Å². The van der Waals surface area contributed by atoms with Gasteiger partial charge < -0.3 is 15.2 Å². The number of nitrogens with one attached hydrogen (secondary N) is 1. The molecule has 148 valence electrons. The molecule has 0 saturated carbocycles. The lowest BCUT2D eigenvalue weighted by molar-refractivity contribution is -0.139. The molecule has 1 amide bonds. The van der Waals surface area contributed by atoms with Gasteiger partial charge in [-0.25, -0.2) is 9.59 Å². The molecule has 1 aliphatic rings. The van der Waals surface area contributed by atoms with Gasteiger partial charge in [0.25, 0.3) is 0 Å². The highest BCUT2D eigenvalue weighted by atomic mass is 16.5. The maximum Gasteiger partial charge on any atom is 0.407 e. The third-order valence-electron chi connectivity index (χ3n) is 5.68. The summed E-state index contributed by atoms with van der Waals surface area (Å²) in [5.41, 5.74) is 4.56. The zero-order valence-electron chi connectivity index (χ0n) is 16.5. The van der Waals surface area contributed by atoms with Crippen LogP contribution in [-0.2, 0) is 9.53 Å². The fourth-order valence-electron chi connectivity index (χ4n) is 3.65. The Balaban J connectivity index is 1.67. The molecule has 0 fully saturated rings. The van der Waals surface area contributed by atoms with Gasteiger partial charge in [0, 0.05) is 5.92 Å². The Morgan fingerprint density at radius 2 is 1.54 bits per heavy atom. The van der Waals surface area contributed by atoms with Crippen LogP contribution in [0, 0.1) is 11.8 Å². The van der Waals surface area contributed by atoms with Crippen LogP contribution in [-0.4, -0.2) is 29.8 Å². The lowest BCUT2D eigenvalue weighted by Gasteiger charge is -2.21. The van der Waals surface area contributed by atoms with Crippen LogP contribution >= 0.6 is 0 Å². The van der Waals surface area contributed by atoms with Gasteiger partial charge in [-0.1, -0.05) is 69.3 Å². The molecule has 5 nitrogen and oxygen atoms in total. The highest BCUT2D eigenvalue weighted by molar-refractivity contribution is 5.81. The average Bonchev–Trinajstić information content (AvgIpc) is 2.99. The second-order valence-electron chi connectivity index (χ2n) is 7.82. The summed E-state index contributed by atoms with van der Waals surface area (Å²) in [4.78, 5) is 23.8. The summed E-state index contributed by atoms with van der Waals surface area (Å²) in [6.45, 7) is 6.24. The minimum atomic E-state index is -1.04. The van der Waals surface area contributed by atoms with Gasteiger partial charge in [0.2, 0.25) is 0 Å². The summed E-state index contributed by atoms with van der Waals surface area (Å²) in [5.74, 6) is -0.571. The van der Waals surface area contributed by atoms with Crippen molar-refractivity contribution in [3.05, 3.63) is 59.7 Å². The van der Waals surface area contributed by atoms with Crippen molar-refractivity contribution in [3.8, 4) is 11.1 Å². The van der Waals surface area contributed by atoms with Crippen molar-refractivity contribution in [1.29, 1.82) is 0 Å². The normalized spacial score (nSPS) is 14.9. The Hall–Kier alpha value is -2.82. The van der Waals surface area contributed by atoms with E-state index >= 15 is 0 Å². The Morgan fingerprint density at radius 3 is 2.04 bits per heavy atom. The number of carboxylic acids is 1. The van der Waals surface area contributed by atoms with Crippen LogP contribution in [0.25, 0.3) is 11.1 Å². The van der Waals surface area contributed by atoms with Crippen LogP contribution in [0.1, 0.15) is 44.2 Å². The smallest absolute Gasteiger partial charge is 0.407 e. The number of alkyl carbamates (subject to hydrolysis) is 1. The number of ether oxygens (including phenoxy) is 1. The van der Waals surface area contributed by atoms with Gasteiger partial charge in [-0.3, -0.25) is 0 Å². The van der Waals surface area contributed by atoms with Crippen molar-refractivity contribution in [2.24, 2.45) is 11.8 Å². The number of benzene rings is 2. The molecular weight excluding hydrogens is 354 g/mol. The zero-order chi connectivity index (χ0) is 20.3. The summed E-state index contributed by atoms with van der Waals surface area (Å²) < 4.78 is 5.45. The maximum absolute atomic E-state index is 12.3. The van der Waals surface area contributed by atoms with Crippen LogP contribution in [0.3, 0.4) is 0 Å². The predicted molar refractivity (Wildman–Crippen MR) is 108 cm³/mol. The second kappa shape index (κ2) is 8.46. The first-order chi connectivity index (χ1) is 13.4. The molecule has 2 atom stereocenters. The molecule has 28 heavy (non-hydrogen) atoms. The standard InChI is InChI=1S/C23H27NO4/c1-14(2)15(3)12-21(22(25)26)24-23(27)28-13-20-18-10-6-4-8-16(18)17-9-5-7-11-19(17)20/h4-11,14-15,20-21H,12-13H2,1-3H3,(H,24,27)(H,25,26)/t15?,21-/m0/s1. The minimum absolute atomic E-state index is 0.0454. The molecule has 0 saturated heterocycles. The first kappa shape index (κ1) is 19.9. The Kier molecular flexibility index (Phi) is 6.02. The number of carbonyl (C=O) groups excluding carboxylic acids is 1. The van der Waals surface area contributed by atoms with E-state index in [-0.39, 0.29) is 18.4 Å². The van der Waals surface area contributed by atoms with Gasteiger partial charge in [0.05, 0.1) is 0 Å². The summed E-state index contributed by atoms with van der Waals surface area (Å²) in [6.07, 6.45) is -0.317. The van der Waals surface area contributed by atoms with Crippen LogP contribution < -0.4 is 5.32 Å².